The summed E-state index contributed by atoms with van der Waals surface area (Å²) in [6.45, 7) is 7.08. The number of aromatic nitrogens is 2. The highest BCUT2D eigenvalue weighted by atomic mass is 32.2. The van der Waals surface area contributed by atoms with Crippen LogP contribution in [0.2, 0.25) is 0 Å². The van der Waals surface area contributed by atoms with E-state index in [1.165, 1.54) is 28.6 Å². The van der Waals surface area contributed by atoms with Crippen molar-refractivity contribution in [2.75, 3.05) is 18.4 Å². The molecule has 0 bridgehead atoms. The van der Waals surface area contributed by atoms with Crippen LogP contribution in [-0.2, 0) is 10.0 Å². The molecule has 1 aliphatic heterocycles. The van der Waals surface area contributed by atoms with Gasteiger partial charge < -0.3 is 4.42 Å². The van der Waals surface area contributed by atoms with Crippen LogP contribution >= 0.6 is 0 Å². The molecule has 1 N–H and O–H groups in total. The minimum Gasteiger partial charge on any atom is -0.403 e. The summed E-state index contributed by atoms with van der Waals surface area (Å²) in [6, 6.07) is 11.8. The van der Waals surface area contributed by atoms with Crippen LogP contribution in [0.5, 0.6) is 0 Å². The molecule has 3 aromatic rings. The van der Waals surface area contributed by atoms with E-state index < -0.39 is 15.9 Å². The van der Waals surface area contributed by atoms with Gasteiger partial charge in [0.1, 0.15) is 0 Å². The number of benzene rings is 2. The van der Waals surface area contributed by atoms with Crippen molar-refractivity contribution in [2.24, 2.45) is 5.92 Å². The lowest BCUT2D eigenvalue weighted by atomic mass is 10.0. The van der Waals surface area contributed by atoms with E-state index in [1.54, 1.807) is 0 Å². The van der Waals surface area contributed by atoms with Crippen molar-refractivity contribution in [1.29, 1.82) is 0 Å². The second kappa shape index (κ2) is 8.84. The number of nitrogens with zero attached hydrogens (tertiary/aromatic N) is 3. The van der Waals surface area contributed by atoms with Gasteiger partial charge in [-0.05, 0) is 68.5 Å². The molecule has 0 spiro atoms. The molecule has 9 heteroatoms. The summed E-state index contributed by atoms with van der Waals surface area (Å²) >= 11 is 0. The van der Waals surface area contributed by atoms with Gasteiger partial charge >= 0.3 is 6.01 Å². The molecule has 2 aromatic carbocycles. The van der Waals surface area contributed by atoms with Crippen molar-refractivity contribution >= 4 is 21.9 Å². The summed E-state index contributed by atoms with van der Waals surface area (Å²) in [4.78, 5) is 12.8. The van der Waals surface area contributed by atoms with Gasteiger partial charge in [-0.25, -0.2) is 8.42 Å². The van der Waals surface area contributed by atoms with Crippen molar-refractivity contribution in [3.05, 3.63) is 59.2 Å². The molecule has 1 aliphatic rings. The monoisotopic (exact) mass is 454 g/mol. The van der Waals surface area contributed by atoms with E-state index in [9.17, 15) is 13.2 Å². The third-order valence-corrected chi connectivity index (χ3v) is 7.68. The lowest BCUT2D eigenvalue weighted by Gasteiger charge is -2.29. The van der Waals surface area contributed by atoms with Crippen molar-refractivity contribution in [3.63, 3.8) is 0 Å². The molecule has 1 amide bonds. The second-order valence-corrected chi connectivity index (χ2v) is 10.2. The number of amides is 1. The van der Waals surface area contributed by atoms with E-state index in [1.807, 2.05) is 32.0 Å². The Balaban J connectivity index is 1.46. The van der Waals surface area contributed by atoms with Gasteiger partial charge in [0.05, 0.1) is 4.90 Å². The largest absolute Gasteiger partial charge is 0.403 e. The molecule has 0 radical (unpaired) electrons. The standard InChI is InChI=1S/C23H26N4O4S/c1-15-10-12-27(13-11-15)32(29,30)19-8-6-18(7-9-19)21(28)24-23-26-25-22(31-23)20-14-16(2)4-5-17(20)3/h4-9,14-15H,10-13H2,1-3H3,(H,24,26,28). The van der Waals surface area contributed by atoms with Crippen LogP contribution in [-0.4, -0.2) is 41.9 Å². The number of anilines is 1. The summed E-state index contributed by atoms with van der Waals surface area (Å²) in [5.74, 6) is 0.392. The maximum absolute atomic E-state index is 12.8. The molecule has 0 aliphatic carbocycles. The van der Waals surface area contributed by atoms with Crippen molar-refractivity contribution in [3.8, 4) is 11.5 Å². The number of sulfonamides is 1. The average Bonchev–Trinajstić information content (AvgIpc) is 3.24. The minimum absolute atomic E-state index is 0.0231. The molecule has 0 unspecified atom stereocenters. The van der Waals surface area contributed by atoms with Gasteiger partial charge in [0.25, 0.3) is 5.91 Å². The van der Waals surface area contributed by atoms with Crippen LogP contribution in [0, 0.1) is 19.8 Å². The van der Waals surface area contributed by atoms with Gasteiger partial charge in [0.15, 0.2) is 0 Å². The molecule has 168 valence electrons. The molecule has 4 rings (SSSR count). The van der Waals surface area contributed by atoms with Gasteiger partial charge in [-0.15, -0.1) is 5.10 Å². The molecule has 2 heterocycles. The fraction of sp³-hybridized carbons (Fsp3) is 0.348. The number of aryl methyl sites for hydroxylation is 2. The van der Waals surface area contributed by atoms with E-state index in [-0.39, 0.29) is 10.9 Å². The Hall–Kier alpha value is -3.04. The molecule has 1 aromatic heterocycles. The molecule has 0 atom stereocenters. The summed E-state index contributed by atoms with van der Waals surface area (Å²) in [5, 5.41) is 10.5. The van der Waals surface area contributed by atoms with Crippen LogP contribution in [0.1, 0.15) is 41.3 Å². The lowest BCUT2D eigenvalue weighted by Crippen LogP contribution is -2.37. The first-order valence-electron chi connectivity index (χ1n) is 10.6. The normalized spacial score (nSPS) is 15.6. The number of nitrogens with one attached hydrogen (secondary N) is 1. The first-order valence-corrected chi connectivity index (χ1v) is 12.0. The second-order valence-electron chi connectivity index (χ2n) is 8.30. The average molecular weight is 455 g/mol. The zero-order chi connectivity index (χ0) is 22.9. The van der Waals surface area contributed by atoms with E-state index in [4.69, 9.17) is 4.42 Å². The Morgan fingerprint density at radius 3 is 2.44 bits per heavy atom. The molecule has 8 nitrogen and oxygen atoms in total. The van der Waals surface area contributed by atoms with Crippen LogP contribution < -0.4 is 5.32 Å². The topological polar surface area (TPSA) is 105 Å². The van der Waals surface area contributed by atoms with Gasteiger partial charge in [0.2, 0.25) is 15.9 Å². The number of hydrogen-bond acceptors (Lipinski definition) is 6. The lowest BCUT2D eigenvalue weighted by molar-refractivity contribution is 0.102. The van der Waals surface area contributed by atoms with Crippen LogP contribution in [0.3, 0.4) is 0 Å². The highest BCUT2D eigenvalue weighted by Crippen LogP contribution is 2.26. The van der Waals surface area contributed by atoms with Crippen LogP contribution in [0.4, 0.5) is 6.01 Å². The number of carbonyl (C=O) groups is 1. The Morgan fingerprint density at radius 1 is 1.06 bits per heavy atom. The predicted octanol–water partition coefficient (Wildman–Crippen LogP) is 4.03. The third kappa shape index (κ3) is 4.58. The summed E-state index contributed by atoms with van der Waals surface area (Å²) in [7, 11) is -3.56. The fourth-order valence-corrected chi connectivity index (χ4v) is 5.14. The van der Waals surface area contributed by atoms with Gasteiger partial charge in [-0.3, -0.25) is 10.1 Å². The van der Waals surface area contributed by atoms with Crippen molar-refractivity contribution < 1.29 is 17.6 Å². The Labute approximate surface area is 187 Å². The molecule has 1 saturated heterocycles. The number of piperidine rings is 1. The van der Waals surface area contributed by atoms with E-state index in [2.05, 4.69) is 22.4 Å². The van der Waals surface area contributed by atoms with E-state index in [0.717, 1.165) is 29.5 Å². The van der Waals surface area contributed by atoms with Crippen LogP contribution in [0.15, 0.2) is 51.8 Å². The molecule has 32 heavy (non-hydrogen) atoms. The van der Waals surface area contributed by atoms with Gasteiger partial charge in [-0.2, -0.15) is 4.31 Å². The van der Waals surface area contributed by atoms with Gasteiger partial charge in [0, 0.05) is 24.2 Å². The minimum atomic E-state index is -3.56. The smallest absolute Gasteiger partial charge is 0.322 e. The number of rotatable bonds is 5. The molecule has 1 fully saturated rings. The van der Waals surface area contributed by atoms with Gasteiger partial charge in [-0.1, -0.05) is 29.7 Å². The van der Waals surface area contributed by atoms with Crippen molar-refractivity contribution in [1.82, 2.24) is 14.5 Å². The molecular formula is C23H26N4O4S. The molecular weight excluding hydrogens is 428 g/mol. The number of carbonyl (C=O) groups excluding carboxylic acids is 1. The summed E-state index contributed by atoms with van der Waals surface area (Å²) in [5.41, 5.74) is 3.14. The van der Waals surface area contributed by atoms with Crippen molar-refractivity contribution in [2.45, 2.75) is 38.5 Å². The fourth-order valence-electron chi connectivity index (χ4n) is 3.67. The maximum atomic E-state index is 12.8. The zero-order valence-electron chi connectivity index (χ0n) is 18.3. The maximum Gasteiger partial charge on any atom is 0.322 e. The zero-order valence-corrected chi connectivity index (χ0v) is 19.1. The Kier molecular flexibility index (Phi) is 6.12. The summed E-state index contributed by atoms with van der Waals surface area (Å²) in [6.07, 6.45) is 1.71. The Bertz CT molecular complexity index is 1230. The van der Waals surface area contributed by atoms with E-state index in [0.29, 0.717) is 30.5 Å². The first kappa shape index (κ1) is 22.2. The number of hydrogen-bond donors (Lipinski definition) is 1. The van der Waals surface area contributed by atoms with Crippen LogP contribution in [0.25, 0.3) is 11.5 Å². The molecule has 0 saturated carbocycles. The highest BCUT2D eigenvalue weighted by Gasteiger charge is 2.28. The quantitative estimate of drug-likeness (QED) is 0.624. The SMILES string of the molecule is Cc1ccc(C)c(-c2nnc(NC(=O)c3ccc(S(=O)(=O)N4CCC(C)CC4)cc3)o2)c1. The first-order chi connectivity index (χ1) is 15.2. The summed E-state index contributed by atoms with van der Waals surface area (Å²) < 4.78 is 32.8. The predicted molar refractivity (Wildman–Crippen MR) is 121 cm³/mol. The van der Waals surface area contributed by atoms with E-state index >= 15 is 0 Å². The Morgan fingerprint density at radius 2 is 1.75 bits per heavy atom. The third-order valence-electron chi connectivity index (χ3n) is 5.77. The highest BCUT2D eigenvalue weighted by molar-refractivity contribution is 7.89.